The van der Waals surface area contributed by atoms with Crippen LogP contribution in [0.15, 0.2) is 48.5 Å². The molecule has 1 saturated heterocycles. The van der Waals surface area contributed by atoms with Crippen LogP contribution in [0.5, 0.6) is 0 Å². The number of rotatable bonds is 8. The van der Waals surface area contributed by atoms with Gasteiger partial charge in [-0.2, -0.15) is 5.26 Å². The highest BCUT2D eigenvalue weighted by Gasteiger charge is 2.35. The van der Waals surface area contributed by atoms with E-state index in [1.807, 2.05) is 57.2 Å². The number of piperidine rings is 1. The second kappa shape index (κ2) is 11.8. The lowest BCUT2D eigenvalue weighted by Gasteiger charge is -2.36. The van der Waals surface area contributed by atoms with Crippen molar-refractivity contribution in [1.82, 2.24) is 16.0 Å². The van der Waals surface area contributed by atoms with E-state index in [2.05, 4.69) is 34.2 Å². The summed E-state index contributed by atoms with van der Waals surface area (Å²) in [5.41, 5.74) is 4.11. The molecule has 8 nitrogen and oxygen atoms in total. The Kier molecular flexibility index (Phi) is 8.62. The van der Waals surface area contributed by atoms with E-state index in [0.717, 1.165) is 22.3 Å². The number of amides is 3. The van der Waals surface area contributed by atoms with Gasteiger partial charge >= 0.3 is 6.09 Å². The molecule has 3 amide bonds. The summed E-state index contributed by atoms with van der Waals surface area (Å²) in [6.07, 6.45) is 0.459. The third-order valence-electron chi connectivity index (χ3n) is 7.39. The molecule has 2 aromatic carbocycles. The first-order chi connectivity index (χ1) is 18.9. The van der Waals surface area contributed by atoms with Crippen LogP contribution in [0.1, 0.15) is 63.5 Å². The number of fused-ring (bicyclic) bond motifs is 3. The molecule has 1 aliphatic carbocycles. The quantitative estimate of drug-likeness (QED) is 0.448. The Balaban J connectivity index is 1.39. The second-order valence-electron chi connectivity index (χ2n) is 12.0. The van der Waals surface area contributed by atoms with Crippen LogP contribution >= 0.6 is 0 Å². The summed E-state index contributed by atoms with van der Waals surface area (Å²) in [6.45, 7) is 5.97. The summed E-state index contributed by atoms with van der Waals surface area (Å²) in [4.78, 5) is 38.6. The van der Waals surface area contributed by atoms with Gasteiger partial charge in [-0.3, -0.25) is 9.59 Å². The topological polar surface area (TPSA) is 120 Å². The number of hydrogen-bond donors (Lipinski definition) is 3. The van der Waals surface area contributed by atoms with E-state index in [4.69, 9.17) is 20.4 Å². The number of hydrogen-bond acceptors (Lipinski definition) is 5. The van der Waals surface area contributed by atoms with Crippen LogP contribution in [-0.2, 0) is 14.3 Å². The molecule has 1 heterocycles. The van der Waals surface area contributed by atoms with Crippen molar-refractivity contribution in [2.45, 2.75) is 69.8 Å². The largest absolute Gasteiger partial charge is 0.449 e. The number of nitrogens with one attached hydrogen (secondary N) is 3. The van der Waals surface area contributed by atoms with Crippen LogP contribution in [0.25, 0.3) is 11.1 Å². The van der Waals surface area contributed by atoms with Crippen LogP contribution in [0.2, 0.25) is 0 Å². The van der Waals surface area contributed by atoms with Crippen LogP contribution in [0.4, 0.5) is 4.79 Å². The van der Waals surface area contributed by atoms with E-state index in [1.165, 1.54) is 0 Å². The molecule has 0 spiro atoms. The Hall–Kier alpha value is -3.73. The summed E-state index contributed by atoms with van der Waals surface area (Å²) in [5, 5.41) is 16.4. The van der Waals surface area contributed by atoms with Crippen LogP contribution in [0.3, 0.4) is 0 Å². The number of ether oxygens (including phenoxy) is 1. The van der Waals surface area contributed by atoms with Crippen molar-refractivity contribution in [2.24, 2.45) is 11.3 Å². The first-order valence-electron chi connectivity index (χ1n) is 13.6. The lowest BCUT2D eigenvalue weighted by Crippen LogP contribution is -2.56. The zero-order chi connectivity index (χ0) is 29.1. The predicted octanol–water partition coefficient (Wildman–Crippen LogP) is 3.25. The molecule has 0 saturated carbocycles. The number of carbonyl (C=O) groups is 3. The molecule has 0 bridgehead atoms. The highest BCUT2D eigenvalue weighted by atomic mass is 16.5. The fraction of sp³-hybridized carbons (Fsp3) is 0.467. The molecule has 2 aromatic rings. The van der Waals surface area contributed by atoms with Gasteiger partial charge in [-0.05, 0) is 58.7 Å². The van der Waals surface area contributed by atoms with E-state index in [0.29, 0.717) is 19.3 Å². The summed E-state index contributed by atoms with van der Waals surface area (Å²) in [6, 6.07) is 16.3. The summed E-state index contributed by atoms with van der Waals surface area (Å²) in [5.74, 6) is -1.49. The van der Waals surface area contributed by atoms with E-state index in [9.17, 15) is 19.6 Å². The van der Waals surface area contributed by atoms with Gasteiger partial charge in [0.15, 0.2) is 0 Å². The fourth-order valence-corrected chi connectivity index (χ4v) is 5.47. The number of alkyl carbamates (subject to hydrolysis) is 1. The van der Waals surface area contributed by atoms with Gasteiger partial charge in [0.05, 0.1) is 21.8 Å². The minimum absolute atomic E-state index is 0.108. The molecule has 10 heteroatoms. The number of nitrogens with zero attached hydrogens (tertiary/aromatic N) is 1. The number of nitriles is 1. The summed E-state index contributed by atoms with van der Waals surface area (Å²) >= 11 is 0. The standard InChI is InChI=1S/C30H34B2N4O4/c1-29(2,3)15-25(27(38)34-19(16-33)14-18-12-13-30(31,32)36-26(18)37)35-28(39)40-17-24-22-10-6-4-8-20(22)21-9-5-7-11-23(21)24/h4-11,18-19,24-25H,12-15,17H2,1-3H3,(H,34,38)(H,35,39)(H,36,37)/t18-,19-,25-/m0/s1. The van der Waals surface area contributed by atoms with Crippen LogP contribution < -0.4 is 16.0 Å². The van der Waals surface area contributed by atoms with Gasteiger partial charge in [0.2, 0.25) is 11.8 Å². The highest BCUT2D eigenvalue weighted by Crippen LogP contribution is 2.44. The maximum Gasteiger partial charge on any atom is 0.407 e. The zero-order valence-electron chi connectivity index (χ0n) is 23.2. The smallest absolute Gasteiger partial charge is 0.407 e. The minimum Gasteiger partial charge on any atom is -0.449 e. The first-order valence-corrected chi connectivity index (χ1v) is 13.6. The maximum atomic E-state index is 13.3. The molecule has 0 aromatic heterocycles. The summed E-state index contributed by atoms with van der Waals surface area (Å²) < 4.78 is 5.65. The highest BCUT2D eigenvalue weighted by molar-refractivity contribution is 6.41. The Morgan fingerprint density at radius 2 is 1.70 bits per heavy atom. The molecular weight excluding hydrogens is 502 g/mol. The maximum absolute atomic E-state index is 13.3. The Labute approximate surface area is 238 Å². The van der Waals surface area contributed by atoms with E-state index in [-0.39, 0.29) is 30.3 Å². The van der Waals surface area contributed by atoms with Gasteiger partial charge in [-0.25, -0.2) is 4.79 Å². The third-order valence-corrected chi connectivity index (χ3v) is 7.39. The minimum atomic E-state index is -1.27. The van der Waals surface area contributed by atoms with Gasteiger partial charge in [-0.15, -0.1) is 0 Å². The van der Waals surface area contributed by atoms with Crippen molar-refractivity contribution in [3.63, 3.8) is 0 Å². The van der Waals surface area contributed by atoms with Gasteiger partial charge in [-0.1, -0.05) is 69.3 Å². The monoisotopic (exact) mass is 536 g/mol. The number of benzene rings is 2. The normalized spacial score (nSPS) is 19.2. The molecule has 40 heavy (non-hydrogen) atoms. The van der Waals surface area contributed by atoms with Crippen molar-refractivity contribution < 1.29 is 19.1 Å². The van der Waals surface area contributed by atoms with Crippen molar-refractivity contribution in [2.75, 3.05) is 6.61 Å². The molecule has 1 fully saturated rings. The lowest BCUT2D eigenvalue weighted by atomic mass is 9.57. The van der Waals surface area contributed by atoms with Gasteiger partial charge < -0.3 is 20.7 Å². The van der Waals surface area contributed by atoms with E-state index in [1.54, 1.807) is 0 Å². The third kappa shape index (κ3) is 7.07. The van der Waals surface area contributed by atoms with E-state index < -0.39 is 35.3 Å². The second-order valence-corrected chi connectivity index (χ2v) is 12.0. The molecule has 0 unspecified atom stereocenters. The van der Waals surface area contributed by atoms with E-state index >= 15 is 0 Å². The molecule has 4 rings (SSSR count). The van der Waals surface area contributed by atoms with Crippen molar-refractivity contribution in [3.05, 3.63) is 59.7 Å². The van der Waals surface area contributed by atoms with Crippen molar-refractivity contribution in [1.29, 1.82) is 5.26 Å². The van der Waals surface area contributed by atoms with Gasteiger partial charge in [0.25, 0.3) is 0 Å². The van der Waals surface area contributed by atoms with Gasteiger partial charge in [0.1, 0.15) is 18.7 Å². The van der Waals surface area contributed by atoms with Crippen LogP contribution in [-0.4, -0.2) is 57.6 Å². The van der Waals surface area contributed by atoms with Crippen molar-refractivity contribution >= 4 is 33.6 Å². The molecule has 4 radical (unpaired) electrons. The molecule has 3 N–H and O–H groups in total. The lowest BCUT2D eigenvalue weighted by molar-refractivity contribution is -0.129. The van der Waals surface area contributed by atoms with Crippen molar-refractivity contribution in [3.8, 4) is 17.2 Å². The average Bonchev–Trinajstić information content (AvgIpc) is 3.20. The first kappa shape index (κ1) is 29.3. The van der Waals surface area contributed by atoms with Crippen LogP contribution in [0, 0.1) is 22.7 Å². The molecule has 2 aliphatic rings. The SMILES string of the molecule is [B]C1([B])CC[C@@H](C[C@@H](C#N)NC(=O)[C@H](CC(C)(C)C)NC(=O)OCC2c3ccccc3-c3ccccc32)C(=O)N1. The average molecular weight is 536 g/mol. The molecule has 204 valence electrons. The predicted molar refractivity (Wildman–Crippen MR) is 153 cm³/mol. The Bertz CT molecular complexity index is 1270. The zero-order valence-corrected chi connectivity index (χ0v) is 23.2. The molecule has 3 atom stereocenters. The Morgan fingerprint density at radius 1 is 1.10 bits per heavy atom. The molecular formula is C30H34B2N4O4. The molecule has 1 aliphatic heterocycles. The van der Waals surface area contributed by atoms with Gasteiger partial charge in [0, 0.05) is 11.8 Å². The summed E-state index contributed by atoms with van der Waals surface area (Å²) in [7, 11) is 11.6. The fourth-order valence-electron chi connectivity index (χ4n) is 5.47. The Morgan fingerprint density at radius 3 is 2.25 bits per heavy atom. The number of carbonyl (C=O) groups excluding carboxylic acids is 3.